The van der Waals surface area contributed by atoms with Gasteiger partial charge in [-0.25, -0.2) is 4.79 Å². The van der Waals surface area contributed by atoms with Crippen molar-refractivity contribution in [1.29, 1.82) is 0 Å². The van der Waals surface area contributed by atoms with Gasteiger partial charge in [0.25, 0.3) is 20.2 Å². The maximum Gasteiger partial charge on any atom is 0.339 e. The van der Waals surface area contributed by atoms with Crippen LogP contribution in [0.2, 0.25) is 0 Å². The molecular formula is C8H14O8S2. The first-order valence-corrected chi connectivity index (χ1v) is 8.29. The summed E-state index contributed by atoms with van der Waals surface area (Å²) < 4.78 is 58.4. The van der Waals surface area contributed by atoms with Crippen LogP contribution in [0.5, 0.6) is 0 Å². The summed E-state index contributed by atoms with van der Waals surface area (Å²) in [4.78, 5) is 11.5. The molecule has 2 unspecified atom stereocenters. The summed E-state index contributed by atoms with van der Waals surface area (Å²) in [6.07, 6.45) is -1.49. The van der Waals surface area contributed by atoms with Crippen LogP contribution in [0.4, 0.5) is 0 Å². The topological polar surface area (TPSA) is 113 Å². The molecule has 0 saturated carbocycles. The Kier molecular flexibility index (Phi) is 4.70. The van der Waals surface area contributed by atoms with Crippen LogP contribution in [0.25, 0.3) is 0 Å². The van der Waals surface area contributed by atoms with Crippen LogP contribution >= 0.6 is 0 Å². The van der Waals surface area contributed by atoms with E-state index >= 15 is 0 Å². The van der Waals surface area contributed by atoms with Gasteiger partial charge in [-0.1, -0.05) is 6.92 Å². The molecule has 106 valence electrons. The van der Waals surface area contributed by atoms with Crippen LogP contribution in [-0.2, 0) is 38.1 Å². The fourth-order valence-electron chi connectivity index (χ4n) is 1.07. The zero-order chi connectivity index (χ0) is 14.0. The summed E-state index contributed by atoms with van der Waals surface area (Å²) >= 11 is 0. The molecule has 1 aliphatic heterocycles. The summed E-state index contributed by atoms with van der Waals surface area (Å²) in [5.74, 6) is -0.968. The Bertz CT molecular complexity index is 505. The lowest BCUT2D eigenvalue weighted by atomic mass is 10.3. The first-order valence-electron chi connectivity index (χ1n) is 5.14. The summed E-state index contributed by atoms with van der Waals surface area (Å²) in [5, 5.41) is -1.31. The van der Waals surface area contributed by atoms with Gasteiger partial charge in [0, 0.05) is 0 Å². The van der Waals surface area contributed by atoms with E-state index in [9.17, 15) is 21.6 Å². The maximum atomic E-state index is 11.5. The molecule has 8 nitrogen and oxygen atoms in total. The molecule has 0 N–H and O–H groups in total. The first-order chi connectivity index (χ1) is 8.15. The maximum absolute atomic E-state index is 11.5. The Labute approximate surface area is 105 Å². The molecule has 1 rings (SSSR count). The minimum Gasteiger partial charge on any atom is -0.461 e. The lowest BCUT2D eigenvalue weighted by Crippen LogP contribution is -2.33. The van der Waals surface area contributed by atoms with E-state index in [-0.39, 0.29) is 0 Å². The van der Waals surface area contributed by atoms with Crippen LogP contribution in [0.3, 0.4) is 0 Å². The summed E-state index contributed by atoms with van der Waals surface area (Å²) in [5.41, 5.74) is 0. The van der Waals surface area contributed by atoms with E-state index in [0.29, 0.717) is 6.42 Å². The van der Waals surface area contributed by atoms with Crippen molar-refractivity contribution in [3.05, 3.63) is 0 Å². The molecule has 0 aromatic rings. The predicted molar refractivity (Wildman–Crippen MR) is 59.4 cm³/mol. The Morgan fingerprint density at radius 1 is 1.33 bits per heavy atom. The third-order valence-corrected chi connectivity index (χ3v) is 5.44. The van der Waals surface area contributed by atoms with Gasteiger partial charge in [-0.3, -0.25) is 8.37 Å². The average molecular weight is 302 g/mol. The molecular weight excluding hydrogens is 288 g/mol. The van der Waals surface area contributed by atoms with E-state index in [0.717, 1.165) is 0 Å². The molecule has 18 heavy (non-hydrogen) atoms. The SMILES string of the molecule is CCC(C)OC(=O)C1COS(=O)(=O)CS(=O)(=O)O1. The number of ether oxygens (including phenoxy) is 1. The van der Waals surface area contributed by atoms with Crippen molar-refractivity contribution in [1.82, 2.24) is 0 Å². The highest BCUT2D eigenvalue weighted by atomic mass is 32.3. The zero-order valence-electron chi connectivity index (χ0n) is 9.86. The molecule has 2 atom stereocenters. The average Bonchev–Trinajstić information content (AvgIpc) is 2.32. The van der Waals surface area contributed by atoms with Gasteiger partial charge in [0.15, 0.2) is 6.10 Å². The Hall–Kier alpha value is -0.710. The van der Waals surface area contributed by atoms with Gasteiger partial charge in [0.1, 0.15) is 6.61 Å². The molecule has 0 spiro atoms. The van der Waals surface area contributed by atoms with E-state index in [1.807, 2.05) is 0 Å². The normalized spacial score (nSPS) is 28.0. The molecule has 0 radical (unpaired) electrons. The van der Waals surface area contributed by atoms with E-state index < -0.39 is 50.1 Å². The fraction of sp³-hybridized carbons (Fsp3) is 0.875. The Morgan fingerprint density at radius 2 is 1.94 bits per heavy atom. The molecule has 0 aliphatic carbocycles. The lowest BCUT2D eigenvalue weighted by Gasteiger charge is -2.15. The van der Waals surface area contributed by atoms with Gasteiger partial charge in [0.2, 0.25) is 5.08 Å². The van der Waals surface area contributed by atoms with Crippen molar-refractivity contribution in [3.63, 3.8) is 0 Å². The van der Waals surface area contributed by atoms with Crippen molar-refractivity contribution in [2.45, 2.75) is 32.5 Å². The Morgan fingerprint density at radius 3 is 2.50 bits per heavy atom. The van der Waals surface area contributed by atoms with Gasteiger partial charge in [0.05, 0.1) is 6.10 Å². The number of esters is 1. The number of rotatable bonds is 3. The van der Waals surface area contributed by atoms with Crippen molar-refractivity contribution in [3.8, 4) is 0 Å². The van der Waals surface area contributed by atoms with E-state index in [2.05, 4.69) is 8.37 Å². The summed E-state index contributed by atoms with van der Waals surface area (Å²) in [6, 6.07) is 0. The number of hydrogen-bond acceptors (Lipinski definition) is 8. The van der Waals surface area contributed by atoms with Gasteiger partial charge in [-0.15, -0.1) is 0 Å². The van der Waals surface area contributed by atoms with Gasteiger partial charge >= 0.3 is 5.97 Å². The molecule has 1 aliphatic rings. The van der Waals surface area contributed by atoms with Crippen molar-refractivity contribution in [2.24, 2.45) is 0 Å². The van der Waals surface area contributed by atoms with Gasteiger partial charge in [-0.2, -0.15) is 16.8 Å². The zero-order valence-corrected chi connectivity index (χ0v) is 11.5. The van der Waals surface area contributed by atoms with Crippen LogP contribution in [-0.4, -0.2) is 46.7 Å². The van der Waals surface area contributed by atoms with Crippen LogP contribution in [0.15, 0.2) is 0 Å². The highest BCUT2D eigenvalue weighted by molar-refractivity contribution is 8.03. The first kappa shape index (κ1) is 15.3. The van der Waals surface area contributed by atoms with Crippen LogP contribution in [0.1, 0.15) is 20.3 Å². The lowest BCUT2D eigenvalue weighted by molar-refractivity contribution is -0.157. The van der Waals surface area contributed by atoms with Crippen molar-refractivity contribution in [2.75, 3.05) is 11.7 Å². The van der Waals surface area contributed by atoms with Crippen LogP contribution < -0.4 is 0 Å². The smallest absolute Gasteiger partial charge is 0.339 e. The van der Waals surface area contributed by atoms with E-state index in [4.69, 9.17) is 4.74 Å². The largest absolute Gasteiger partial charge is 0.461 e. The third-order valence-electron chi connectivity index (χ3n) is 2.11. The highest BCUT2D eigenvalue weighted by Crippen LogP contribution is 2.14. The molecule has 10 heteroatoms. The second-order valence-corrected chi connectivity index (χ2v) is 7.36. The van der Waals surface area contributed by atoms with E-state index in [1.54, 1.807) is 13.8 Å². The number of hydrogen-bond donors (Lipinski definition) is 0. The van der Waals surface area contributed by atoms with Crippen molar-refractivity contribution < 1.29 is 34.7 Å². The molecule has 1 heterocycles. The number of carbonyl (C=O) groups is 1. The minimum absolute atomic E-state index is 0.427. The minimum atomic E-state index is -4.38. The third kappa shape index (κ3) is 4.52. The summed E-state index contributed by atoms with van der Waals surface area (Å²) in [7, 11) is -8.63. The van der Waals surface area contributed by atoms with Gasteiger partial charge in [-0.05, 0) is 13.3 Å². The predicted octanol–water partition coefficient (Wildman–Crippen LogP) is -0.639. The monoisotopic (exact) mass is 302 g/mol. The van der Waals surface area contributed by atoms with Gasteiger partial charge < -0.3 is 4.74 Å². The van der Waals surface area contributed by atoms with Crippen molar-refractivity contribution >= 4 is 26.2 Å². The highest BCUT2D eigenvalue weighted by Gasteiger charge is 2.37. The number of carbonyl (C=O) groups excluding carboxylic acids is 1. The molecule has 1 fully saturated rings. The van der Waals surface area contributed by atoms with E-state index in [1.165, 1.54) is 0 Å². The molecule has 0 aromatic carbocycles. The molecule has 0 aromatic heterocycles. The quantitative estimate of drug-likeness (QED) is 0.499. The molecule has 0 amide bonds. The summed E-state index contributed by atoms with van der Waals surface area (Å²) in [6.45, 7) is 2.67. The fourth-order valence-corrected chi connectivity index (χ4v) is 3.80. The second-order valence-electron chi connectivity index (χ2n) is 3.76. The van der Waals surface area contributed by atoms with Crippen LogP contribution in [0, 0.1) is 0 Å². The second kappa shape index (κ2) is 5.51. The Balaban J connectivity index is 2.83. The molecule has 1 saturated heterocycles. The molecule has 0 bridgehead atoms. The standard InChI is InChI=1S/C8H14O8S2/c1-3-6(2)15-8(9)7-4-14-17(10,11)5-18(12,13)16-7/h6-7H,3-5H2,1-2H3.